The fourth-order valence-corrected chi connectivity index (χ4v) is 5.38. The molecule has 1 amide bonds. The third kappa shape index (κ3) is 3.74. The molecular formula is C27H28FN3O6. The quantitative estimate of drug-likeness (QED) is 0.381. The summed E-state index contributed by atoms with van der Waals surface area (Å²) in [5.74, 6) is -1.61. The molecule has 10 heteroatoms. The van der Waals surface area contributed by atoms with Crippen LogP contribution in [-0.4, -0.2) is 56.2 Å². The van der Waals surface area contributed by atoms with E-state index >= 15 is 0 Å². The van der Waals surface area contributed by atoms with Crippen molar-refractivity contribution in [2.45, 2.75) is 52.4 Å². The third-order valence-corrected chi connectivity index (χ3v) is 7.59. The molecule has 4 heterocycles. The van der Waals surface area contributed by atoms with Gasteiger partial charge in [-0.25, -0.2) is 14.2 Å². The van der Waals surface area contributed by atoms with Gasteiger partial charge in [-0.15, -0.1) is 0 Å². The normalized spacial score (nSPS) is 17.8. The summed E-state index contributed by atoms with van der Waals surface area (Å²) >= 11 is 0. The van der Waals surface area contributed by atoms with E-state index in [-0.39, 0.29) is 36.3 Å². The highest BCUT2D eigenvalue weighted by molar-refractivity contribution is 5.89. The standard InChI is InChI=1S/C27H28FN3O6/c1-4-27(36)19-9-22-24-17(11-31(22)25(34)18(19)13-37-26(27)35)15(6-7-30(5-2)23(33)12-32)16-8-14(3)20(28)10-21(16)29-24/h8-10,32,36H,4-7,11-13H2,1-3H3/t27-/m0/s1. The Morgan fingerprint density at radius 1 is 1.24 bits per heavy atom. The Morgan fingerprint density at radius 2 is 2.00 bits per heavy atom. The number of fused-ring (bicyclic) bond motifs is 5. The SMILES string of the molecule is CCN(CCc1c2c(nc3cc(F)c(C)cc13)-c1cc3c(c(=O)n1C2)COC(=O)[C@]3(O)CC)C(=O)CO. The van der Waals surface area contributed by atoms with E-state index in [0.717, 1.165) is 16.5 Å². The molecule has 0 spiro atoms. The van der Waals surface area contributed by atoms with E-state index in [0.29, 0.717) is 42.0 Å². The van der Waals surface area contributed by atoms with E-state index in [1.54, 1.807) is 26.0 Å². The van der Waals surface area contributed by atoms with Crippen LogP contribution in [0.5, 0.6) is 0 Å². The molecule has 9 nitrogen and oxygen atoms in total. The zero-order chi connectivity index (χ0) is 26.6. The van der Waals surface area contributed by atoms with Gasteiger partial charge in [-0.3, -0.25) is 9.59 Å². The lowest BCUT2D eigenvalue weighted by Gasteiger charge is -2.31. The van der Waals surface area contributed by atoms with Crippen LogP contribution < -0.4 is 5.56 Å². The molecule has 0 saturated carbocycles. The molecule has 2 aliphatic rings. The first-order valence-corrected chi connectivity index (χ1v) is 12.3. The zero-order valence-corrected chi connectivity index (χ0v) is 20.9. The van der Waals surface area contributed by atoms with Gasteiger partial charge in [0.2, 0.25) is 5.91 Å². The molecule has 3 aromatic rings. The van der Waals surface area contributed by atoms with Gasteiger partial charge in [0.05, 0.1) is 29.0 Å². The molecular weight excluding hydrogens is 481 g/mol. The van der Waals surface area contributed by atoms with Gasteiger partial charge in [-0.1, -0.05) is 6.92 Å². The topological polar surface area (TPSA) is 122 Å². The van der Waals surface area contributed by atoms with Crippen LogP contribution in [0.2, 0.25) is 0 Å². The third-order valence-electron chi connectivity index (χ3n) is 7.59. The molecule has 194 valence electrons. The van der Waals surface area contributed by atoms with Crippen LogP contribution in [0.3, 0.4) is 0 Å². The number of hydrogen-bond acceptors (Lipinski definition) is 7. The van der Waals surface area contributed by atoms with Crippen molar-refractivity contribution in [2.75, 3.05) is 19.7 Å². The lowest BCUT2D eigenvalue weighted by atomic mass is 9.86. The molecule has 0 unspecified atom stereocenters. The van der Waals surface area contributed by atoms with E-state index in [4.69, 9.17) is 9.72 Å². The van der Waals surface area contributed by atoms with Gasteiger partial charge in [0, 0.05) is 35.7 Å². The number of carbonyl (C=O) groups excluding carboxylic acids is 2. The summed E-state index contributed by atoms with van der Waals surface area (Å²) in [5, 5.41) is 21.1. The molecule has 2 N–H and O–H groups in total. The number of benzene rings is 1. The van der Waals surface area contributed by atoms with Crippen LogP contribution in [-0.2, 0) is 39.5 Å². The molecule has 0 aliphatic carbocycles. The average molecular weight is 510 g/mol. The maximum absolute atomic E-state index is 14.6. The van der Waals surface area contributed by atoms with Crippen molar-refractivity contribution < 1.29 is 28.9 Å². The van der Waals surface area contributed by atoms with Crippen LogP contribution >= 0.6 is 0 Å². The van der Waals surface area contributed by atoms with Gasteiger partial charge >= 0.3 is 5.97 Å². The van der Waals surface area contributed by atoms with Crippen LogP contribution in [0.4, 0.5) is 4.39 Å². The van der Waals surface area contributed by atoms with E-state index in [9.17, 15) is 29.0 Å². The monoisotopic (exact) mass is 509 g/mol. The number of aliphatic hydroxyl groups is 2. The molecule has 37 heavy (non-hydrogen) atoms. The lowest BCUT2D eigenvalue weighted by Crippen LogP contribution is -2.44. The second kappa shape index (κ2) is 9.04. The van der Waals surface area contributed by atoms with Gasteiger partial charge in [0.1, 0.15) is 19.0 Å². The highest BCUT2D eigenvalue weighted by Crippen LogP contribution is 2.40. The molecule has 5 rings (SSSR count). The van der Waals surface area contributed by atoms with Gasteiger partial charge in [0.25, 0.3) is 5.56 Å². The van der Waals surface area contributed by atoms with Gasteiger partial charge in [-0.05, 0) is 49.9 Å². The number of aliphatic hydroxyl groups excluding tert-OH is 1. The molecule has 2 aliphatic heterocycles. The van der Waals surface area contributed by atoms with Crippen molar-refractivity contribution in [1.29, 1.82) is 0 Å². The number of rotatable bonds is 6. The van der Waals surface area contributed by atoms with Gasteiger partial charge < -0.3 is 24.4 Å². The largest absolute Gasteiger partial charge is 0.458 e. The van der Waals surface area contributed by atoms with E-state index in [1.165, 1.54) is 15.5 Å². The van der Waals surface area contributed by atoms with Crippen LogP contribution in [0, 0.1) is 12.7 Å². The predicted octanol–water partition coefficient (Wildman–Crippen LogP) is 1.91. The number of nitrogens with zero attached hydrogens (tertiary/aromatic N) is 3. The number of pyridine rings is 2. The van der Waals surface area contributed by atoms with Crippen molar-refractivity contribution in [3.05, 3.63) is 62.2 Å². The first-order chi connectivity index (χ1) is 17.6. The maximum atomic E-state index is 14.6. The highest BCUT2D eigenvalue weighted by atomic mass is 19.1. The smallest absolute Gasteiger partial charge is 0.343 e. The Morgan fingerprint density at radius 3 is 2.68 bits per heavy atom. The number of aromatic nitrogens is 2. The van der Waals surface area contributed by atoms with Crippen LogP contribution in [0.25, 0.3) is 22.3 Å². The van der Waals surface area contributed by atoms with Gasteiger partial charge in [-0.2, -0.15) is 0 Å². The van der Waals surface area contributed by atoms with Crippen molar-refractivity contribution in [1.82, 2.24) is 14.5 Å². The minimum atomic E-state index is -1.94. The summed E-state index contributed by atoms with van der Waals surface area (Å²) in [6.07, 6.45) is 0.427. The van der Waals surface area contributed by atoms with Crippen LogP contribution in [0.1, 0.15) is 48.1 Å². The highest BCUT2D eigenvalue weighted by Gasteiger charge is 2.45. The number of esters is 1. The Bertz CT molecular complexity index is 1530. The molecule has 1 atom stereocenters. The number of cyclic esters (lactones) is 1. The number of ether oxygens (including phenoxy) is 1. The summed E-state index contributed by atoms with van der Waals surface area (Å²) < 4.78 is 21.2. The van der Waals surface area contributed by atoms with Crippen molar-refractivity contribution in [3.8, 4) is 11.4 Å². The minimum Gasteiger partial charge on any atom is -0.458 e. The van der Waals surface area contributed by atoms with E-state index in [2.05, 4.69) is 0 Å². The molecule has 0 saturated heterocycles. The second-order valence-corrected chi connectivity index (χ2v) is 9.52. The summed E-state index contributed by atoms with van der Waals surface area (Å²) in [7, 11) is 0. The van der Waals surface area contributed by atoms with Gasteiger partial charge in [0.15, 0.2) is 5.60 Å². The number of likely N-dealkylation sites (N-methyl/N-ethyl adjacent to an activating group) is 1. The minimum absolute atomic E-state index is 0.0290. The second-order valence-electron chi connectivity index (χ2n) is 9.52. The number of carbonyl (C=O) groups is 2. The Balaban J connectivity index is 1.73. The van der Waals surface area contributed by atoms with Crippen molar-refractivity contribution in [2.24, 2.45) is 0 Å². The fourth-order valence-electron chi connectivity index (χ4n) is 5.38. The van der Waals surface area contributed by atoms with E-state index < -0.39 is 29.9 Å². The van der Waals surface area contributed by atoms with Crippen molar-refractivity contribution >= 4 is 22.8 Å². The van der Waals surface area contributed by atoms with Crippen molar-refractivity contribution in [3.63, 3.8) is 0 Å². The first-order valence-electron chi connectivity index (χ1n) is 12.3. The Labute approximate surface area is 212 Å². The summed E-state index contributed by atoms with van der Waals surface area (Å²) in [6, 6.07) is 4.69. The molecule has 1 aromatic carbocycles. The number of aryl methyl sites for hydroxylation is 1. The lowest BCUT2D eigenvalue weighted by molar-refractivity contribution is -0.172. The maximum Gasteiger partial charge on any atom is 0.343 e. The summed E-state index contributed by atoms with van der Waals surface area (Å²) in [6.45, 7) is 5.22. The average Bonchev–Trinajstić information content (AvgIpc) is 3.25. The molecule has 0 bridgehead atoms. The molecule has 2 aromatic heterocycles. The van der Waals surface area contributed by atoms with Crippen LogP contribution in [0.15, 0.2) is 23.0 Å². The predicted molar refractivity (Wildman–Crippen MR) is 132 cm³/mol. The number of halogens is 1. The number of hydrogen-bond donors (Lipinski definition) is 2. The Hall–Kier alpha value is -3.63. The molecule has 0 radical (unpaired) electrons. The molecule has 0 fully saturated rings. The zero-order valence-electron chi connectivity index (χ0n) is 20.9. The first kappa shape index (κ1) is 25.0. The summed E-state index contributed by atoms with van der Waals surface area (Å²) in [4.78, 5) is 44.4. The fraction of sp³-hybridized carbons (Fsp3) is 0.407. The Kier molecular flexibility index (Phi) is 6.12. The van der Waals surface area contributed by atoms with E-state index in [1.807, 2.05) is 6.92 Å². The summed E-state index contributed by atoms with van der Waals surface area (Å²) in [5.41, 5.74) is 1.44. The number of amides is 1.